The van der Waals surface area contributed by atoms with Crippen LogP contribution in [0.2, 0.25) is 0 Å². The Bertz CT molecular complexity index is 683. The molecule has 2 rings (SSSR count). The summed E-state index contributed by atoms with van der Waals surface area (Å²) in [5.41, 5.74) is 0.870. The normalized spacial score (nSPS) is 16.2. The summed E-state index contributed by atoms with van der Waals surface area (Å²) >= 11 is 0. The van der Waals surface area contributed by atoms with Gasteiger partial charge in [-0.2, -0.15) is 8.42 Å². The highest BCUT2D eigenvalue weighted by atomic mass is 32.2. The molecule has 0 aromatic heterocycles. The standard InChI is InChI=1S/C15H21NO6S/c1-15(2)12-7-6-11(10-13(12)16-14(17)22-15)20-8-4-5-9-21-23(3,18)19/h6-7,10H,4-5,8-9H2,1-3H3,(H,16,17). The van der Waals surface area contributed by atoms with Crippen molar-refractivity contribution in [2.45, 2.75) is 32.3 Å². The number of carbonyl (C=O) groups is 1. The van der Waals surface area contributed by atoms with Gasteiger partial charge in [-0.3, -0.25) is 9.50 Å². The zero-order valence-electron chi connectivity index (χ0n) is 13.4. The summed E-state index contributed by atoms with van der Waals surface area (Å²) in [6, 6.07) is 5.43. The van der Waals surface area contributed by atoms with E-state index in [1.807, 2.05) is 26.0 Å². The Balaban J connectivity index is 1.86. The molecule has 1 N–H and O–H groups in total. The van der Waals surface area contributed by atoms with Gasteiger partial charge in [-0.05, 0) is 38.8 Å². The van der Waals surface area contributed by atoms with E-state index >= 15 is 0 Å². The number of anilines is 1. The molecule has 1 aromatic rings. The molecule has 0 saturated carbocycles. The van der Waals surface area contributed by atoms with Crippen LogP contribution in [0.25, 0.3) is 0 Å². The Kier molecular flexibility index (Phi) is 5.16. The second-order valence-corrected chi connectivity index (χ2v) is 7.46. The number of rotatable bonds is 7. The molecule has 0 bridgehead atoms. The minimum Gasteiger partial charge on any atom is -0.494 e. The lowest BCUT2D eigenvalue weighted by molar-refractivity contribution is 0.0420. The quantitative estimate of drug-likeness (QED) is 0.604. The number of benzene rings is 1. The molecule has 0 atom stereocenters. The van der Waals surface area contributed by atoms with E-state index in [-0.39, 0.29) is 6.61 Å². The fraction of sp³-hybridized carbons (Fsp3) is 0.533. The number of fused-ring (bicyclic) bond motifs is 1. The van der Waals surface area contributed by atoms with Crippen LogP contribution in [0.15, 0.2) is 18.2 Å². The van der Waals surface area contributed by atoms with Gasteiger partial charge in [0.05, 0.1) is 25.2 Å². The van der Waals surface area contributed by atoms with E-state index in [2.05, 4.69) is 9.50 Å². The van der Waals surface area contributed by atoms with Crippen LogP contribution >= 0.6 is 0 Å². The van der Waals surface area contributed by atoms with E-state index in [1.165, 1.54) is 0 Å². The molecule has 1 aliphatic rings. The lowest BCUT2D eigenvalue weighted by atomic mass is 9.95. The summed E-state index contributed by atoms with van der Waals surface area (Å²) in [6.45, 7) is 4.23. The molecular weight excluding hydrogens is 322 g/mol. The van der Waals surface area contributed by atoms with E-state index in [0.29, 0.717) is 30.9 Å². The fourth-order valence-electron chi connectivity index (χ4n) is 2.27. The van der Waals surface area contributed by atoms with Crippen molar-refractivity contribution in [2.24, 2.45) is 0 Å². The molecule has 8 heteroatoms. The summed E-state index contributed by atoms with van der Waals surface area (Å²) in [7, 11) is -3.38. The predicted molar refractivity (Wildman–Crippen MR) is 85.1 cm³/mol. The third-order valence-corrected chi connectivity index (χ3v) is 3.92. The van der Waals surface area contributed by atoms with Crippen molar-refractivity contribution >= 4 is 21.9 Å². The zero-order valence-corrected chi connectivity index (χ0v) is 14.2. The molecule has 1 aliphatic heterocycles. The Labute approximate surface area is 136 Å². The first-order valence-electron chi connectivity index (χ1n) is 7.29. The predicted octanol–water partition coefficient (Wildman–Crippen LogP) is 2.62. The number of amides is 1. The number of carbonyl (C=O) groups excluding carboxylic acids is 1. The molecule has 7 nitrogen and oxygen atoms in total. The maximum Gasteiger partial charge on any atom is 0.412 e. The largest absolute Gasteiger partial charge is 0.494 e. The van der Waals surface area contributed by atoms with Gasteiger partial charge in [-0.1, -0.05) is 0 Å². The monoisotopic (exact) mass is 343 g/mol. The van der Waals surface area contributed by atoms with Gasteiger partial charge in [0.25, 0.3) is 10.1 Å². The number of ether oxygens (including phenoxy) is 2. The summed E-state index contributed by atoms with van der Waals surface area (Å²) in [5, 5.41) is 2.66. The smallest absolute Gasteiger partial charge is 0.412 e. The van der Waals surface area contributed by atoms with Gasteiger partial charge in [0.1, 0.15) is 11.4 Å². The molecule has 0 saturated heterocycles. The molecule has 0 unspecified atom stereocenters. The van der Waals surface area contributed by atoms with Crippen molar-refractivity contribution in [3.8, 4) is 5.75 Å². The van der Waals surface area contributed by atoms with Crippen LogP contribution in [0.5, 0.6) is 5.75 Å². The van der Waals surface area contributed by atoms with Crippen molar-refractivity contribution in [3.05, 3.63) is 23.8 Å². The molecule has 0 aliphatic carbocycles. The lowest BCUT2D eigenvalue weighted by Gasteiger charge is -2.32. The first kappa shape index (κ1) is 17.6. The summed E-state index contributed by atoms with van der Waals surface area (Å²) < 4.78 is 37.1. The first-order chi connectivity index (χ1) is 10.7. The van der Waals surface area contributed by atoms with Crippen LogP contribution in [-0.4, -0.2) is 34.0 Å². The van der Waals surface area contributed by atoms with Gasteiger partial charge in [0.2, 0.25) is 0 Å². The van der Waals surface area contributed by atoms with Crippen LogP contribution in [0.1, 0.15) is 32.3 Å². The Morgan fingerprint density at radius 1 is 1.22 bits per heavy atom. The van der Waals surface area contributed by atoms with Crippen LogP contribution in [0.3, 0.4) is 0 Å². The third-order valence-electron chi connectivity index (χ3n) is 3.33. The van der Waals surface area contributed by atoms with E-state index in [1.54, 1.807) is 6.07 Å². The Hall–Kier alpha value is -1.80. The lowest BCUT2D eigenvalue weighted by Crippen LogP contribution is -2.34. The molecule has 0 radical (unpaired) electrons. The van der Waals surface area contributed by atoms with Crippen molar-refractivity contribution in [1.29, 1.82) is 0 Å². The van der Waals surface area contributed by atoms with Gasteiger partial charge in [-0.25, -0.2) is 4.79 Å². The molecule has 23 heavy (non-hydrogen) atoms. The minimum absolute atomic E-state index is 0.147. The summed E-state index contributed by atoms with van der Waals surface area (Å²) in [5.74, 6) is 0.630. The first-order valence-corrected chi connectivity index (χ1v) is 9.11. The number of cyclic esters (lactones) is 1. The minimum atomic E-state index is -3.38. The maximum absolute atomic E-state index is 11.5. The van der Waals surface area contributed by atoms with Crippen molar-refractivity contribution in [3.63, 3.8) is 0 Å². The molecule has 1 aromatic carbocycles. The number of nitrogens with one attached hydrogen (secondary N) is 1. The molecule has 1 heterocycles. The van der Waals surface area contributed by atoms with Gasteiger partial charge in [-0.15, -0.1) is 0 Å². The molecule has 1 amide bonds. The second kappa shape index (κ2) is 6.76. The van der Waals surface area contributed by atoms with Crippen LogP contribution in [0.4, 0.5) is 10.5 Å². The highest BCUT2D eigenvalue weighted by Crippen LogP contribution is 2.37. The van der Waals surface area contributed by atoms with Gasteiger partial charge in [0.15, 0.2) is 0 Å². The average molecular weight is 343 g/mol. The zero-order chi connectivity index (χ0) is 17.1. The van der Waals surface area contributed by atoms with Gasteiger partial charge in [0, 0.05) is 11.6 Å². The Morgan fingerprint density at radius 2 is 1.91 bits per heavy atom. The third kappa shape index (κ3) is 5.11. The SMILES string of the molecule is CC1(C)OC(=O)Nc2cc(OCCCCOS(C)(=O)=O)ccc21. The van der Waals surface area contributed by atoms with Crippen molar-refractivity contribution in [1.82, 2.24) is 0 Å². The topological polar surface area (TPSA) is 90.9 Å². The second-order valence-electron chi connectivity index (χ2n) is 5.81. The highest BCUT2D eigenvalue weighted by Gasteiger charge is 2.33. The highest BCUT2D eigenvalue weighted by molar-refractivity contribution is 7.85. The number of unbranched alkanes of at least 4 members (excludes halogenated alkanes) is 1. The van der Waals surface area contributed by atoms with E-state index in [4.69, 9.17) is 9.47 Å². The molecule has 0 fully saturated rings. The van der Waals surface area contributed by atoms with E-state index in [0.717, 1.165) is 11.8 Å². The molecular formula is C15H21NO6S. The van der Waals surface area contributed by atoms with Gasteiger partial charge < -0.3 is 9.47 Å². The maximum atomic E-state index is 11.5. The van der Waals surface area contributed by atoms with Crippen LogP contribution < -0.4 is 10.1 Å². The molecule has 128 valence electrons. The average Bonchev–Trinajstić information content (AvgIpc) is 2.40. The number of hydrogen-bond donors (Lipinski definition) is 1. The summed E-state index contributed by atoms with van der Waals surface area (Å²) in [6.07, 6.45) is 1.77. The fourth-order valence-corrected chi connectivity index (χ4v) is 2.69. The molecule has 0 spiro atoms. The van der Waals surface area contributed by atoms with Crippen molar-refractivity contribution in [2.75, 3.05) is 24.8 Å². The summed E-state index contributed by atoms with van der Waals surface area (Å²) in [4.78, 5) is 11.5. The number of hydrogen-bond acceptors (Lipinski definition) is 6. The van der Waals surface area contributed by atoms with Crippen LogP contribution in [-0.2, 0) is 24.6 Å². The van der Waals surface area contributed by atoms with Crippen LogP contribution in [0, 0.1) is 0 Å². The van der Waals surface area contributed by atoms with E-state index < -0.39 is 21.8 Å². The van der Waals surface area contributed by atoms with Gasteiger partial charge >= 0.3 is 6.09 Å². The van der Waals surface area contributed by atoms with Crippen molar-refractivity contribution < 1.29 is 26.9 Å². The Morgan fingerprint density at radius 3 is 2.61 bits per heavy atom. The van der Waals surface area contributed by atoms with E-state index in [9.17, 15) is 13.2 Å².